The minimum Gasteiger partial charge on any atom is -0.477 e. The van der Waals surface area contributed by atoms with E-state index in [-0.39, 0.29) is 17.7 Å². The van der Waals surface area contributed by atoms with Gasteiger partial charge in [0.2, 0.25) is 0 Å². The van der Waals surface area contributed by atoms with E-state index in [9.17, 15) is 14.4 Å². The second kappa shape index (κ2) is 5.34. The van der Waals surface area contributed by atoms with Crippen molar-refractivity contribution in [1.29, 1.82) is 0 Å². The highest BCUT2D eigenvalue weighted by atomic mass is 16.4. The molecule has 0 fully saturated rings. The molecule has 98 valence electrons. The minimum atomic E-state index is -1.25. The van der Waals surface area contributed by atoms with E-state index in [0.29, 0.717) is 6.54 Å². The zero-order valence-corrected chi connectivity index (χ0v) is 10.0. The van der Waals surface area contributed by atoms with E-state index in [1.807, 2.05) is 0 Å². The van der Waals surface area contributed by atoms with Crippen LogP contribution in [0.5, 0.6) is 0 Å². The Morgan fingerprint density at radius 3 is 2.37 bits per heavy atom. The van der Waals surface area contributed by atoms with E-state index >= 15 is 0 Å². The molecule has 0 aliphatic carbocycles. The van der Waals surface area contributed by atoms with Gasteiger partial charge in [-0.05, 0) is 18.2 Å². The van der Waals surface area contributed by atoms with Gasteiger partial charge in [-0.15, -0.1) is 0 Å². The van der Waals surface area contributed by atoms with Crippen LogP contribution in [0.1, 0.15) is 10.4 Å². The van der Waals surface area contributed by atoms with Gasteiger partial charge < -0.3 is 14.2 Å². The molecule has 0 aliphatic rings. The lowest BCUT2D eigenvalue weighted by Gasteiger charge is -2.08. The van der Waals surface area contributed by atoms with Crippen molar-refractivity contribution in [3.05, 3.63) is 69.0 Å². The van der Waals surface area contributed by atoms with Gasteiger partial charge in [0.1, 0.15) is 5.56 Å². The van der Waals surface area contributed by atoms with Crippen LogP contribution in [0.25, 0.3) is 0 Å². The Morgan fingerprint density at radius 2 is 1.68 bits per heavy atom. The highest BCUT2D eigenvalue weighted by molar-refractivity contribution is 5.86. The molecule has 2 heterocycles. The number of nitrogens with zero attached hydrogens (tertiary/aromatic N) is 2. The lowest BCUT2D eigenvalue weighted by Crippen LogP contribution is -2.29. The number of carbonyl (C=O) groups is 1. The molecule has 6 nitrogen and oxygen atoms in total. The highest BCUT2D eigenvalue weighted by Gasteiger charge is 2.09. The number of carboxylic acid groups (broad SMARTS) is 1. The quantitative estimate of drug-likeness (QED) is 0.863. The molecule has 0 saturated carbocycles. The van der Waals surface area contributed by atoms with Crippen LogP contribution in [0.3, 0.4) is 0 Å². The maximum absolute atomic E-state index is 11.8. The summed E-state index contributed by atoms with van der Waals surface area (Å²) in [5.41, 5.74) is -1.01. The van der Waals surface area contributed by atoms with Crippen molar-refractivity contribution in [2.75, 3.05) is 0 Å². The monoisotopic (exact) mass is 260 g/mol. The van der Waals surface area contributed by atoms with Crippen LogP contribution in [0.15, 0.2) is 52.3 Å². The van der Waals surface area contributed by atoms with Crippen molar-refractivity contribution in [3.63, 3.8) is 0 Å². The van der Waals surface area contributed by atoms with Gasteiger partial charge in [-0.1, -0.05) is 6.07 Å². The number of aromatic carboxylic acids is 1. The Balaban J connectivity index is 2.24. The van der Waals surface area contributed by atoms with Crippen LogP contribution in [-0.4, -0.2) is 20.2 Å². The first-order valence-corrected chi connectivity index (χ1v) is 5.68. The van der Waals surface area contributed by atoms with Crippen LogP contribution in [0, 0.1) is 0 Å². The third-order valence-electron chi connectivity index (χ3n) is 2.73. The van der Waals surface area contributed by atoms with Gasteiger partial charge in [0.15, 0.2) is 0 Å². The minimum absolute atomic E-state index is 0.162. The molecular weight excluding hydrogens is 248 g/mol. The Bertz CT molecular complexity index is 715. The van der Waals surface area contributed by atoms with Crippen LogP contribution in [0.2, 0.25) is 0 Å². The van der Waals surface area contributed by atoms with Gasteiger partial charge >= 0.3 is 5.97 Å². The lowest BCUT2D eigenvalue weighted by molar-refractivity contribution is 0.0694. The summed E-state index contributed by atoms with van der Waals surface area (Å²) in [6, 6.07) is 7.54. The predicted octanol–water partition coefficient (Wildman–Crippen LogP) is 0.408. The average molecular weight is 260 g/mol. The molecule has 0 radical (unpaired) electrons. The number of hydrogen-bond acceptors (Lipinski definition) is 3. The zero-order valence-electron chi connectivity index (χ0n) is 10.0. The topological polar surface area (TPSA) is 81.3 Å². The van der Waals surface area contributed by atoms with Crippen molar-refractivity contribution in [2.45, 2.75) is 13.1 Å². The van der Waals surface area contributed by atoms with Crippen LogP contribution in [-0.2, 0) is 13.1 Å². The van der Waals surface area contributed by atoms with Crippen molar-refractivity contribution < 1.29 is 9.90 Å². The second-order valence-electron chi connectivity index (χ2n) is 3.96. The van der Waals surface area contributed by atoms with Gasteiger partial charge in [0.25, 0.3) is 11.1 Å². The standard InChI is InChI=1S/C13H12N2O4/c16-11-5-1-2-6-14(11)8-9-15-7-3-4-10(12(15)17)13(18)19/h1-7H,8-9H2,(H,18,19). The third-order valence-corrected chi connectivity index (χ3v) is 2.73. The van der Waals surface area contributed by atoms with Crippen molar-refractivity contribution in [3.8, 4) is 0 Å². The molecule has 0 aromatic carbocycles. The second-order valence-corrected chi connectivity index (χ2v) is 3.96. The summed E-state index contributed by atoms with van der Waals surface area (Å²) < 4.78 is 2.74. The Hall–Kier alpha value is -2.63. The molecule has 2 aromatic rings. The summed E-state index contributed by atoms with van der Waals surface area (Å²) >= 11 is 0. The molecule has 0 amide bonds. The fourth-order valence-electron chi connectivity index (χ4n) is 1.74. The van der Waals surface area contributed by atoms with Gasteiger partial charge in [-0.2, -0.15) is 0 Å². The number of carboxylic acids is 1. The first-order chi connectivity index (χ1) is 9.09. The van der Waals surface area contributed by atoms with E-state index in [0.717, 1.165) is 0 Å². The fraction of sp³-hybridized carbons (Fsp3) is 0.154. The summed E-state index contributed by atoms with van der Waals surface area (Å²) in [7, 11) is 0. The molecule has 0 atom stereocenters. The Kier molecular flexibility index (Phi) is 3.61. The van der Waals surface area contributed by atoms with Crippen molar-refractivity contribution in [1.82, 2.24) is 9.13 Å². The third kappa shape index (κ3) is 2.79. The molecule has 0 spiro atoms. The maximum atomic E-state index is 11.8. The highest BCUT2D eigenvalue weighted by Crippen LogP contribution is 1.93. The van der Waals surface area contributed by atoms with E-state index in [2.05, 4.69) is 0 Å². The number of pyridine rings is 2. The number of aryl methyl sites for hydroxylation is 2. The number of aromatic nitrogens is 2. The van der Waals surface area contributed by atoms with Gasteiger partial charge in [-0.25, -0.2) is 4.79 Å². The average Bonchev–Trinajstić information content (AvgIpc) is 2.39. The Morgan fingerprint density at radius 1 is 1.00 bits per heavy atom. The molecule has 0 bridgehead atoms. The van der Waals surface area contributed by atoms with Gasteiger partial charge in [-0.3, -0.25) is 9.59 Å². The molecule has 19 heavy (non-hydrogen) atoms. The summed E-state index contributed by atoms with van der Waals surface area (Å²) in [5.74, 6) is -1.25. The van der Waals surface area contributed by atoms with Crippen LogP contribution < -0.4 is 11.1 Å². The number of hydrogen-bond donors (Lipinski definition) is 1. The molecule has 2 aromatic heterocycles. The predicted molar refractivity (Wildman–Crippen MR) is 68.4 cm³/mol. The smallest absolute Gasteiger partial charge is 0.341 e. The first kappa shape index (κ1) is 12.8. The lowest BCUT2D eigenvalue weighted by atomic mass is 10.3. The van der Waals surface area contributed by atoms with E-state index in [1.165, 1.54) is 33.5 Å². The Labute approximate surface area is 108 Å². The molecule has 6 heteroatoms. The van der Waals surface area contributed by atoms with Gasteiger partial charge in [0, 0.05) is 31.5 Å². The molecule has 0 unspecified atom stereocenters. The molecule has 1 N–H and O–H groups in total. The van der Waals surface area contributed by atoms with Crippen molar-refractivity contribution in [2.24, 2.45) is 0 Å². The fourth-order valence-corrected chi connectivity index (χ4v) is 1.74. The van der Waals surface area contributed by atoms with Gasteiger partial charge in [0.05, 0.1) is 0 Å². The molecule has 2 rings (SSSR count). The molecule has 0 aliphatic heterocycles. The van der Waals surface area contributed by atoms with Crippen LogP contribution in [0.4, 0.5) is 0 Å². The first-order valence-electron chi connectivity index (χ1n) is 5.68. The maximum Gasteiger partial charge on any atom is 0.341 e. The zero-order chi connectivity index (χ0) is 13.8. The van der Waals surface area contributed by atoms with E-state index < -0.39 is 11.5 Å². The molecular formula is C13H12N2O4. The van der Waals surface area contributed by atoms with Crippen molar-refractivity contribution >= 4 is 5.97 Å². The molecule has 0 saturated heterocycles. The largest absolute Gasteiger partial charge is 0.477 e. The normalized spacial score (nSPS) is 10.3. The summed E-state index contributed by atoms with van der Waals surface area (Å²) in [4.78, 5) is 34.1. The number of rotatable bonds is 4. The summed E-state index contributed by atoms with van der Waals surface area (Å²) in [6.07, 6.45) is 3.12. The van der Waals surface area contributed by atoms with E-state index in [1.54, 1.807) is 18.3 Å². The van der Waals surface area contributed by atoms with E-state index in [4.69, 9.17) is 5.11 Å². The van der Waals surface area contributed by atoms with Crippen LogP contribution >= 0.6 is 0 Å². The SMILES string of the molecule is O=C(O)c1cccn(CCn2ccccc2=O)c1=O. The summed E-state index contributed by atoms with van der Waals surface area (Å²) in [6.45, 7) is 0.548. The summed E-state index contributed by atoms with van der Waals surface area (Å²) in [5, 5.41) is 8.85.